The molecule has 4 aromatic rings. The van der Waals surface area contributed by atoms with E-state index in [4.69, 9.17) is 0 Å². The molecule has 0 heterocycles. The van der Waals surface area contributed by atoms with Gasteiger partial charge < -0.3 is 24.8 Å². The summed E-state index contributed by atoms with van der Waals surface area (Å²) >= 11 is 1.27. The Labute approximate surface area is 359 Å². The third-order valence-electron chi connectivity index (χ3n) is 9.89. The zero-order chi connectivity index (χ0) is 38.0. The Morgan fingerprint density at radius 2 is 0.982 bits per heavy atom. The van der Waals surface area contributed by atoms with Gasteiger partial charge in [-0.3, -0.25) is 0 Å². The van der Waals surface area contributed by atoms with Gasteiger partial charge in [-0.2, -0.15) is 34.4 Å². The van der Waals surface area contributed by atoms with Crippen molar-refractivity contribution in [2.45, 2.75) is 65.2 Å². The normalized spacial score (nSPS) is 17.4. The molecule has 0 amide bonds. The first-order chi connectivity index (χ1) is 26.2. The first kappa shape index (κ1) is 44.7. The fourth-order valence-electron chi connectivity index (χ4n) is 7.17. The number of halogens is 4. The van der Waals surface area contributed by atoms with Crippen molar-refractivity contribution in [3.63, 3.8) is 0 Å². The average Bonchev–Trinajstić information content (AvgIpc) is 3.66. The molecule has 4 aliphatic carbocycles. The van der Waals surface area contributed by atoms with Gasteiger partial charge >= 0.3 is 41.0 Å². The van der Waals surface area contributed by atoms with E-state index >= 15 is 0 Å². The Kier molecular flexibility index (Phi) is 17.2. The van der Waals surface area contributed by atoms with Crippen LogP contribution < -0.4 is 24.8 Å². The van der Waals surface area contributed by atoms with Crippen molar-refractivity contribution in [3.05, 3.63) is 214 Å². The van der Waals surface area contributed by atoms with E-state index in [-0.39, 0.29) is 48.3 Å². The summed E-state index contributed by atoms with van der Waals surface area (Å²) < 4.78 is 31.2. The fraction of sp³-hybridized carbons (Fsp3) is 0.196. The summed E-state index contributed by atoms with van der Waals surface area (Å²) in [6.45, 7) is 8.58. The summed E-state index contributed by atoms with van der Waals surface area (Å²) in [5, 5.41) is 0. The minimum Gasteiger partial charge on any atom is -1.00 e. The van der Waals surface area contributed by atoms with Crippen LogP contribution in [0.15, 0.2) is 179 Å². The molecular formula is C51H46Cl2F2Hf-2. The molecule has 8 rings (SSSR count). The second-order valence-electron chi connectivity index (χ2n) is 14.0. The SMILES string of the molecule is CCC1=[C-]C2=CC=CCC(c3ccc(-c4ccccc4)c(F)c3)C2=C1.CCC1=[C-]C2=CC=CCC(c3ccc(-c4ccccc4)c(F)c3)C2=C1.C[C](C)=[Hf+2].[Cl-].[Cl-]. The van der Waals surface area contributed by atoms with Crippen molar-refractivity contribution in [1.29, 1.82) is 0 Å². The predicted octanol–water partition coefficient (Wildman–Crippen LogP) is 7.84. The number of hydrogen-bond donors (Lipinski definition) is 0. The van der Waals surface area contributed by atoms with E-state index < -0.39 is 0 Å². The van der Waals surface area contributed by atoms with Crippen LogP contribution in [0.25, 0.3) is 22.3 Å². The molecular weight excluding hydrogens is 900 g/mol. The summed E-state index contributed by atoms with van der Waals surface area (Å²) in [5.74, 6) is 0.0455. The maximum atomic E-state index is 14.8. The van der Waals surface area contributed by atoms with E-state index in [9.17, 15) is 8.78 Å². The van der Waals surface area contributed by atoms with E-state index in [1.807, 2.05) is 72.8 Å². The second-order valence-corrected chi connectivity index (χ2v) is 17.6. The topological polar surface area (TPSA) is 0 Å². The molecule has 4 aliphatic rings. The first-order valence-electron chi connectivity index (χ1n) is 18.9. The van der Waals surface area contributed by atoms with E-state index in [0.29, 0.717) is 11.1 Å². The van der Waals surface area contributed by atoms with Gasteiger partial charge in [-0.1, -0.05) is 111 Å². The number of benzene rings is 4. The van der Waals surface area contributed by atoms with E-state index in [2.05, 4.69) is 101 Å². The molecule has 284 valence electrons. The Bertz CT molecular complexity index is 2090. The molecule has 0 saturated heterocycles. The van der Waals surface area contributed by atoms with Gasteiger partial charge in [0.2, 0.25) is 0 Å². The molecule has 0 aliphatic heterocycles. The Morgan fingerprint density at radius 1 is 0.607 bits per heavy atom. The van der Waals surface area contributed by atoms with Gasteiger partial charge in [0.25, 0.3) is 0 Å². The predicted molar refractivity (Wildman–Crippen MR) is 219 cm³/mol. The van der Waals surface area contributed by atoms with Crippen molar-refractivity contribution >= 4 is 3.26 Å². The molecule has 0 nitrogen and oxygen atoms in total. The monoisotopic (exact) mass is 946 g/mol. The number of allylic oxidation sites excluding steroid dienone is 16. The van der Waals surface area contributed by atoms with Crippen LogP contribution in [-0.2, 0) is 23.9 Å². The number of fused-ring (bicyclic) bond motifs is 2. The third-order valence-corrected chi connectivity index (χ3v) is 9.89. The van der Waals surface area contributed by atoms with Crippen LogP contribution in [0.2, 0.25) is 0 Å². The van der Waals surface area contributed by atoms with Gasteiger partial charge in [0.05, 0.1) is 0 Å². The molecule has 0 fully saturated rings. The molecule has 5 heteroatoms. The molecule has 2 unspecified atom stereocenters. The largest absolute Gasteiger partial charge is 1.00 e. The summed E-state index contributed by atoms with van der Waals surface area (Å²) in [6, 6.07) is 30.8. The maximum absolute atomic E-state index is 14.8. The number of hydrogen-bond acceptors (Lipinski definition) is 0. The summed E-state index contributed by atoms with van der Waals surface area (Å²) in [5.41, 5.74) is 12.4. The van der Waals surface area contributed by atoms with E-state index in [1.165, 1.54) is 46.2 Å². The number of rotatable bonds is 6. The van der Waals surface area contributed by atoms with Crippen LogP contribution >= 0.6 is 0 Å². The zero-order valence-corrected chi connectivity index (χ0v) is 37.5. The molecule has 0 radical (unpaired) electrons. The van der Waals surface area contributed by atoms with Crippen molar-refractivity contribution in [1.82, 2.24) is 0 Å². The Morgan fingerprint density at radius 3 is 1.32 bits per heavy atom. The fourth-order valence-corrected chi connectivity index (χ4v) is 7.17. The van der Waals surface area contributed by atoms with Crippen LogP contribution in [0.3, 0.4) is 0 Å². The average molecular weight is 946 g/mol. The molecule has 4 aromatic carbocycles. The minimum atomic E-state index is -0.159. The summed E-state index contributed by atoms with van der Waals surface area (Å²) in [7, 11) is 0. The van der Waals surface area contributed by atoms with Crippen LogP contribution in [0.1, 0.15) is 76.3 Å². The zero-order valence-electron chi connectivity index (χ0n) is 32.4. The standard InChI is InChI=1S/2C24H20F.C3H6.2ClH.Hf/c2*1-2-17-14-19-10-6-7-11-21(23(19)15-17)20-12-13-22(24(25)16-20)18-8-4-3-5-9-18;1-3-2;;;/h2*3-10,12-13,15-16,21H,2,11H2,1H3;1-2H3;2*1H;/q2*-1;;;;+2/p-2. The Hall–Kier alpha value is -4.02. The summed E-state index contributed by atoms with van der Waals surface area (Å²) in [6.07, 6.45) is 27.8. The smallest absolute Gasteiger partial charge is 1.00 e. The first-order valence-corrected chi connectivity index (χ1v) is 20.7. The van der Waals surface area contributed by atoms with Gasteiger partial charge in [0.1, 0.15) is 11.6 Å². The van der Waals surface area contributed by atoms with Crippen LogP contribution in [0.4, 0.5) is 8.78 Å². The van der Waals surface area contributed by atoms with Gasteiger partial charge in [-0.25, -0.2) is 8.78 Å². The molecule has 0 aromatic heterocycles. The van der Waals surface area contributed by atoms with Crippen molar-refractivity contribution in [3.8, 4) is 22.3 Å². The van der Waals surface area contributed by atoms with Crippen LogP contribution in [0.5, 0.6) is 0 Å². The molecule has 0 N–H and O–H groups in total. The van der Waals surface area contributed by atoms with Crippen molar-refractivity contribution < 1.29 is 57.5 Å². The summed E-state index contributed by atoms with van der Waals surface area (Å²) in [4.78, 5) is 0. The quantitative estimate of drug-likeness (QED) is 0.137. The minimum absolute atomic E-state index is 0. The molecule has 0 saturated carbocycles. The van der Waals surface area contributed by atoms with Crippen LogP contribution in [-0.4, -0.2) is 3.26 Å². The molecule has 2 atom stereocenters. The van der Waals surface area contributed by atoms with Crippen LogP contribution in [0, 0.1) is 23.8 Å². The second kappa shape index (κ2) is 21.5. The van der Waals surface area contributed by atoms with E-state index in [1.54, 1.807) is 15.4 Å². The maximum Gasteiger partial charge on any atom is -1.00 e. The third kappa shape index (κ3) is 11.1. The molecule has 56 heavy (non-hydrogen) atoms. The van der Waals surface area contributed by atoms with Gasteiger partial charge in [-0.15, -0.1) is 47.6 Å². The molecule has 0 spiro atoms. The Balaban J connectivity index is 0.000000220. The van der Waals surface area contributed by atoms with Gasteiger partial charge in [0, 0.05) is 11.1 Å². The van der Waals surface area contributed by atoms with Crippen molar-refractivity contribution in [2.24, 2.45) is 0 Å². The van der Waals surface area contributed by atoms with Gasteiger partial charge in [0.15, 0.2) is 0 Å². The molecule has 0 bridgehead atoms. The van der Waals surface area contributed by atoms with Crippen molar-refractivity contribution in [2.75, 3.05) is 0 Å². The van der Waals surface area contributed by atoms with Gasteiger partial charge in [-0.05, 0) is 71.9 Å². The van der Waals surface area contributed by atoms with E-state index in [0.717, 1.165) is 59.1 Å².